The van der Waals surface area contributed by atoms with E-state index in [1.54, 1.807) is 19.0 Å². The molecule has 6 aromatic rings. The van der Waals surface area contributed by atoms with Crippen LogP contribution in [0.15, 0.2) is 161 Å². The van der Waals surface area contributed by atoms with Gasteiger partial charge in [0.15, 0.2) is 0 Å². The third-order valence-corrected chi connectivity index (χ3v) is 9.53. The fourth-order valence-corrected chi connectivity index (χ4v) is 5.73. The summed E-state index contributed by atoms with van der Waals surface area (Å²) in [5.74, 6) is 0. The standard InChI is InChI=1S/3C15H15N2.2C4H8O.La/c3*1-12-7-3-5-9-14(12)16-11-17-15-10-6-4-8-13(15)2;2*1-2-4-5-3-1;/h3*3-11H,1-2H3;2*1-4H2;/q3*-1;;;+3. The van der Waals surface area contributed by atoms with Crippen LogP contribution in [0.5, 0.6) is 0 Å². The van der Waals surface area contributed by atoms with Gasteiger partial charge in [0.05, 0.1) is 0 Å². The normalized spacial score (nSPS) is 12.7. The number of hydrogen-bond acceptors (Lipinski definition) is 5. The van der Waals surface area contributed by atoms with Gasteiger partial charge in [-0.1, -0.05) is 165 Å². The summed E-state index contributed by atoms with van der Waals surface area (Å²) in [7, 11) is 0. The van der Waals surface area contributed by atoms with Gasteiger partial charge in [-0.05, 0) is 135 Å². The van der Waals surface area contributed by atoms with Crippen LogP contribution in [0.3, 0.4) is 0 Å². The molecule has 8 rings (SSSR count). The zero-order valence-corrected chi connectivity index (χ0v) is 40.9. The molecule has 6 aromatic carbocycles. The van der Waals surface area contributed by atoms with Gasteiger partial charge in [0.25, 0.3) is 0 Å². The van der Waals surface area contributed by atoms with Crippen molar-refractivity contribution >= 4 is 53.1 Å². The molecule has 0 aromatic heterocycles. The van der Waals surface area contributed by atoms with E-state index in [1.165, 1.54) is 25.7 Å². The molecule has 0 spiro atoms. The Balaban J connectivity index is 0.000000220. The first-order valence-corrected chi connectivity index (χ1v) is 21.0. The maximum absolute atomic E-state index is 4.94. The van der Waals surface area contributed by atoms with Gasteiger partial charge in [0.2, 0.25) is 0 Å². The molecule has 8 nitrogen and oxygen atoms in total. The molecule has 0 radical (unpaired) electrons. The quantitative estimate of drug-likeness (QED) is 0.107. The molecule has 2 fully saturated rings. The van der Waals surface area contributed by atoms with E-state index >= 15 is 0 Å². The average molecular weight is 953 g/mol. The Bertz CT molecular complexity index is 1990. The fraction of sp³-hybridized carbons (Fsp3) is 0.264. The summed E-state index contributed by atoms with van der Waals surface area (Å²) in [6.45, 7) is 16.3. The molecule has 2 saturated heterocycles. The van der Waals surface area contributed by atoms with E-state index in [9.17, 15) is 0 Å². The van der Waals surface area contributed by atoms with Gasteiger partial charge in [-0.3, -0.25) is 0 Å². The Morgan fingerprint density at radius 1 is 0.339 bits per heavy atom. The van der Waals surface area contributed by atoms with Crippen molar-refractivity contribution in [3.8, 4) is 0 Å². The summed E-state index contributed by atoms with van der Waals surface area (Å²) >= 11 is 0. The summed E-state index contributed by atoms with van der Waals surface area (Å²) in [4.78, 5) is 13.1. The van der Waals surface area contributed by atoms with E-state index in [-0.39, 0.29) is 35.6 Å². The van der Waals surface area contributed by atoms with Gasteiger partial charge in [-0.15, -0.1) is 0 Å². The van der Waals surface area contributed by atoms with Gasteiger partial charge in [0, 0.05) is 26.4 Å². The summed E-state index contributed by atoms with van der Waals surface area (Å²) in [5, 5.41) is 13.1. The smallest absolute Gasteiger partial charge is 0.443 e. The predicted octanol–water partition coefficient (Wildman–Crippen LogP) is 15.6. The minimum atomic E-state index is 0. The van der Waals surface area contributed by atoms with Crippen molar-refractivity contribution in [2.24, 2.45) is 15.0 Å². The van der Waals surface area contributed by atoms with Crippen molar-refractivity contribution in [2.75, 3.05) is 26.4 Å². The van der Waals surface area contributed by atoms with Gasteiger partial charge in [0.1, 0.15) is 0 Å². The molecule has 2 aliphatic heterocycles. The second-order valence-electron chi connectivity index (χ2n) is 14.5. The molecule has 318 valence electrons. The summed E-state index contributed by atoms with van der Waals surface area (Å²) < 4.78 is 9.89. The molecule has 2 aliphatic rings. The largest absolute Gasteiger partial charge is 3.00 e. The molecule has 62 heavy (non-hydrogen) atoms. The van der Waals surface area contributed by atoms with Crippen LogP contribution < -0.4 is 0 Å². The Morgan fingerprint density at radius 2 is 0.565 bits per heavy atom. The van der Waals surface area contributed by atoms with Gasteiger partial charge in [-0.25, -0.2) is 0 Å². The third kappa shape index (κ3) is 20.1. The predicted molar refractivity (Wildman–Crippen MR) is 261 cm³/mol. The molecule has 0 atom stereocenters. The number of benzene rings is 6. The van der Waals surface area contributed by atoms with Crippen molar-refractivity contribution < 1.29 is 45.1 Å². The second kappa shape index (κ2) is 30.8. The minimum absolute atomic E-state index is 0. The van der Waals surface area contributed by atoms with Gasteiger partial charge < -0.3 is 40.4 Å². The first-order chi connectivity index (χ1) is 29.8. The monoisotopic (exact) mass is 952 g/mol. The maximum Gasteiger partial charge on any atom is 3.00 e. The van der Waals surface area contributed by atoms with Crippen LogP contribution in [-0.4, -0.2) is 45.4 Å². The number of hydrogen-bond donors (Lipinski definition) is 0. The molecule has 0 amide bonds. The van der Waals surface area contributed by atoms with Crippen LogP contribution in [0.4, 0.5) is 34.1 Å². The molecule has 0 N–H and O–H groups in total. The average Bonchev–Trinajstić information content (AvgIpc) is 4.07. The van der Waals surface area contributed by atoms with Crippen LogP contribution in [0.1, 0.15) is 59.1 Å². The maximum atomic E-state index is 4.94. The number of aliphatic imine (C=N–C) groups is 3. The summed E-state index contributed by atoms with van der Waals surface area (Å²) in [6.07, 6.45) is 9.96. The number of nitrogens with zero attached hydrogens (tertiary/aromatic N) is 6. The second-order valence-corrected chi connectivity index (χ2v) is 14.5. The van der Waals surface area contributed by atoms with Crippen LogP contribution in [0.2, 0.25) is 0 Å². The first-order valence-electron chi connectivity index (χ1n) is 21.0. The van der Waals surface area contributed by atoms with Crippen molar-refractivity contribution in [3.05, 3.63) is 195 Å². The summed E-state index contributed by atoms with van der Waals surface area (Å²) in [6, 6.07) is 48.1. The molecule has 0 aliphatic carbocycles. The topological polar surface area (TPSA) is 97.8 Å². The number of para-hydroxylation sites is 6. The van der Waals surface area contributed by atoms with Crippen molar-refractivity contribution in [1.29, 1.82) is 0 Å². The Hall–Kier alpha value is -5.16. The van der Waals surface area contributed by atoms with Crippen molar-refractivity contribution in [3.63, 3.8) is 0 Å². The van der Waals surface area contributed by atoms with Crippen LogP contribution in [-0.2, 0) is 9.47 Å². The number of ether oxygens (including phenoxy) is 2. The Kier molecular flexibility index (Phi) is 25.4. The number of aryl methyl sites for hydroxylation is 6. The summed E-state index contributed by atoms with van der Waals surface area (Å²) in [5.41, 5.74) is 12.7. The van der Waals surface area contributed by atoms with Crippen LogP contribution >= 0.6 is 0 Å². The molecular formula is C53H61LaN6O2. The molecule has 2 heterocycles. The fourth-order valence-electron chi connectivity index (χ4n) is 5.73. The third-order valence-electron chi connectivity index (χ3n) is 9.53. The molecule has 9 heteroatoms. The van der Waals surface area contributed by atoms with E-state index in [0.29, 0.717) is 0 Å². The van der Waals surface area contributed by atoms with Gasteiger partial charge >= 0.3 is 35.6 Å². The molecule has 0 saturated carbocycles. The zero-order valence-electron chi connectivity index (χ0n) is 37.3. The van der Waals surface area contributed by atoms with E-state index in [4.69, 9.17) is 9.47 Å². The van der Waals surface area contributed by atoms with E-state index in [0.717, 1.165) is 93.9 Å². The van der Waals surface area contributed by atoms with E-state index in [2.05, 4.69) is 30.9 Å². The molecule has 0 unspecified atom stereocenters. The van der Waals surface area contributed by atoms with Crippen molar-refractivity contribution in [2.45, 2.75) is 67.2 Å². The SMILES string of the molecule is C1CCOC1.C1CCOC1.Cc1ccccc1N=C[N-]c1ccccc1C.Cc1ccccc1N=C[N-]c1ccccc1C.Cc1ccccc1N=C[N-]c1ccccc1C.[La+3]. The molecule has 0 bridgehead atoms. The minimum Gasteiger partial charge on any atom is -0.443 e. The first kappa shape index (κ1) is 51.2. The zero-order chi connectivity index (χ0) is 43.3. The van der Waals surface area contributed by atoms with Crippen LogP contribution in [0.25, 0.3) is 16.0 Å². The van der Waals surface area contributed by atoms with Gasteiger partial charge in [-0.2, -0.15) is 0 Å². The molecular weight excluding hydrogens is 892 g/mol. The number of rotatable bonds is 9. The Labute approximate surface area is 399 Å². The van der Waals surface area contributed by atoms with E-state index < -0.39 is 0 Å². The van der Waals surface area contributed by atoms with E-state index in [1.807, 2.05) is 187 Å². The Morgan fingerprint density at radius 3 is 0.774 bits per heavy atom. The van der Waals surface area contributed by atoms with Crippen molar-refractivity contribution in [1.82, 2.24) is 0 Å². The van der Waals surface area contributed by atoms with Crippen LogP contribution in [0, 0.1) is 77.1 Å².